The summed E-state index contributed by atoms with van der Waals surface area (Å²) in [5.41, 5.74) is -2.76. The van der Waals surface area contributed by atoms with E-state index in [0.29, 0.717) is 177 Å². The molecule has 0 spiro atoms. The predicted octanol–water partition coefficient (Wildman–Crippen LogP) is 17.8. The van der Waals surface area contributed by atoms with Gasteiger partial charge in [-0.1, -0.05) is 133 Å². The van der Waals surface area contributed by atoms with E-state index in [2.05, 4.69) is 197 Å². The Morgan fingerprint density at radius 1 is 0.378 bits per heavy atom. The quantitative estimate of drug-likeness (QED) is 0.00682. The van der Waals surface area contributed by atoms with Crippen LogP contribution in [0.2, 0.25) is 0 Å². The largest absolute Gasteiger partial charge is 0.449 e. The number of alkyl carbamates (subject to hydrolysis) is 4. The number of thiol groups is 4. The molecule has 0 aromatic heterocycles. The Bertz CT molecular complexity index is 3070. The van der Waals surface area contributed by atoms with Crippen molar-refractivity contribution >= 4 is 87.0 Å². The molecule has 0 saturated heterocycles. The Labute approximate surface area is 787 Å². The van der Waals surface area contributed by atoms with Crippen LogP contribution in [0.4, 0.5) is 19.2 Å². The van der Waals surface area contributed by atoms with Gasteiger partial charge in [0.25, 0.3) is 0 Å². The Balaban J connectivity index is 0.00000187. The van der Waals surface area contributed by atoms with Crippen molar-refractivity contribution in [3.63, 3.8) is 0 Å². The number of isocyanates is 2. The lowest BCUT2D eigenvalue weighted by molar-refractivity contribution is -0.0569. The molecule has 0 radical (unpaired) electrons. The molecule has 31 heteroatoms. The lowest BCUT2D eigenvalue weighted by atomic mass is 9.62. The average molecular weight is 1870 g/mol. The Morgan fingerprint density at radius 2 is 0.646 bits per heavy atom. The highest BCUT2D eigenvalue weighted by molar-refractivity contribution is 7.80. The van der Waals surface area contributed by atoms with Gasteiger partial charge < -0.3 is 92.7 Å². The number of carbonyl (C=O) groups excluding carboxylic acids is 6. The van der Waals surface area contributed by atoms with Gasteiger partial charge in [-0.3, -0.25) is 0 Å². The number of ether oxygens (including phenoxy) is 14. The highest BCUT2D eigenvalue weighted by Gasteiger charge is 2.46. The van der Waals surface area contributed by atoms with E-state index in [1.54, 1.807) is 48.6 Å². The number of aliphatic hydroxyl groups is 1. The first-order chi connectivity index (χ1) is 60.4. The van der Waals surface area contributed by atoms with Crippen molar-refractivity contribution in [1.29, 1.82) is 0 Å². The molecule has 3 saturated carbocycles. The van der Waals surface area contributed by atoms with Crippen LogP contribution in [0, 0.1) is 59.6 Å². The van der Waals surface area contributed by atoms with Gasteiger partial charge in [0.1, 0.15) is 26.4 Å². The molecule has 4 amide bonds. The summed E-state index contributed by atoms with van der Waals surface area (Å²) in [6.07, 6.45) is 26.0. The molecule has 6 atom stereocenters. The van der Waals surface area contributed by atoms with E-state index in [4.69, 9.17) is 66.3 Å². The molecule has 0 aliphatic heterocycles. The Hall–Kier alpha value is -4.76. The van der Waals surface area contributed by atoms with Crippen molar-refractivity contribution in [1.82, 2.24) is 21.3 Å². The molecule has 3 aliphatic rings. The number of hydrogen-bond donors (Lipinski definition) is 9. The number of amides is 4. The molecule has 3 fully saturated rings. The molecule has 0 heterocycles. The molecule has 0 aromatic rings. The van der Waals surface area contributed by atoms with Gasteiger partial charge in [0, 0.05) is 57.0 Å². The minimum atomic E-state index is -0.493. The Morgan fingerprint density at radius 3 is 0.906 bits per heavy atom. The minimum Gasteiger partial charge on any atom is -0.449 e. The van der Waals surface area contributed by atoms with Crippen LogP contribution in [-0.4, -0.2) is 268 Å². The number of nitrogens with zero attached hydrogens (tertiary/aromatic N) is 2. The van der Waals surface area contributed by atoms with Gasteiger partial charge in [0.05, 0.1) is 147 Å². The second-order valence-electron chi connectivity index (χ2n) is 38.4. The van der Waals surface area contributed by atoms with Crippen LogP contribution >= 0.6 is 50.5 Å². The van der Waals surface area contributed by atoms with E-state index in [-0.39, 0.29) is 89.1 Å². The molecule has 0 bridgehead atoms. The lowest BCUT2D eigenvalue weighted by Crippen LogP contribution is -2.51. The maximum atomic E-state index is 13.2. The predicted molar refractivity (Wildman–Crippen MR) is 521 cm³/mol. The summed E-state index contributed by atoms with van der Waals surface area (Å²) in [6, 6.07) is -0.228. The molecule has 127 heavy (non-hydrogen) atoms. The van der Waals surface area contributed by atoms with E-state index >= 15 is 0 Å². The molecular weight excluding hydrogens is 1700 g/mol. The van der Waals surface area contributed by atoms with Gasteiger partial charge in [0.2, 0.25) is 12.2 Å². The molecular formula is C96H172N6O21S4. The summed E-state index contributed by atoms with van der Waals surface area (Å²) < 4.78 is 80.5. The third kappa shape index (κ3) is 54.9. The first-order valence-electron chi connectivity index (χ1n) is 45.6. The fourth-order valence-electron chi connectivity index (χ4n) is 16.9. The number of nitrogens with one attached hydrogen (secondary N) is 4. The number of rotatable bonds is 67. The summed E-state index contributed by atoms with van der Waals surface area (Å²) in [4.78, 5) is 80.2. The zero-order valence-corrected chi connectivity index (χ0v) is 84.2. The monoisotopic (exact) mass is 1870 g/mol. The molecule has 3 aliphatic carbocycles. The van der Waals surface area contributed by atoms with Crippen LogP contribution in [0.15, 0.2) is 85.9 Å². The average Bonchev–Trinajstić information content (AvgIpc) is 0.804. The van der Waals surface area contributed by atoms with Crippen molar-refractivity contribution in [3.05, 3.63) is 75.9 Å². The van der Waals surface area contributed by atoms with Crippen LogP contribution < -0.4 is 21.3 Å². The van der Waals surface area contributed by atoms with E-state index in [0.717, 1.165) is 113 Å². The molecule has 736 valence electrons. The number of aliphatic imine (C=N–C) groups is 2. The number of hydrogen-bond acceptors (Lipinski definition) is 27. The summed E-state index contributed by atoms with van der Waals surface area (Å²) in [5.74, 6) is 3.01. The SMILES string of the molecule is C=CCOCC(CC)(CO)COCC=C.C=CCOCC(CC)(COCC=C)COC(=O)NCC1(C)CC(NC(=O)OCC(CC)(COCC=C)COCC=C)CC(C)(C)C1.CC1(C)CC(N=C=O)CC(C)(CN=C=O)C1.CCC(COCCCS)(COCCCS)COC(=O)NCC1(C)CC(NC(=O)OCC(CC)(COCCCS)COCCCS)CC(C)(C)C1. The molecule has 6 unspecified atom stereocenters. The molecule has 0 aromatic carbocycles. The second kappa shape index (κ2) is 68.3. The van der Waals surface area contributed by atoms with Gasteiger partial charge in [-0.25, -0.2) is 38.8 Å². The van der Waals surface area contributed by atoms with E-state index in [9.17, 15) is 33.9 Å². The summed E-state index contributed by atoms with van der Waals surface area (Å²) in [7, 11) is 0. The summed E-state index contributed by atoms with van der Waals surface area (Å²) >= 11 is 17.1. The number of aliphatic hydroxyl groups excluding tert-OH is 1. The van der Waals surface area contributed by atoms with Gasteiger partial charge in [-0.15, -0.1) is 39.5 Å². The summed E-state index contributed by atoms with van der Waals surface area (Å²) in [5, 5.41) is 21.6. The first kappa shape index (κ1) is 122. The minimum absolute atomic E-state index is 0.00750. The van der Waals surface area contributed by atoms with Crippen LogP contribution in [-0.2, 0) is 75.9 Å². The maximum absolute atomic E-state index is 13.2. The topological polar surface area (TPSA) is 325 Å². The second-order valence-corrected chi connectivity index (χ2v) is 40.2. The zero-order chi connectivity index (χ0) is 95.7. The van der Waals surface area contributed by atoms with Crippen LogP contribution in [0.3, 0.4) is 0 Å². The first-order valence-corrected chi connectivity index (χ1v) is 48.1. The fourth-order valence-corrected chi connectivity index (χ4v) is 17.5. The highest BCUT2D eigenvalue weighted by atomic mass is 32.1. The van der Waals surface area contributed by atoms with Crippen LogP contribution in [0.5, 0.6) is 0 Å². The Kier molecular flexibility index (Phi) is 65.7. The van der Waals surface area contributed by atoms with Crippen LogP contribution in [0.1, 0.15) is 213 Å². The fraction of sp³-hybridized carbons (Fsp3) is 0.812. The molecule has 5 N–H and O–H groups in total. The van der Waals surface area contributed by atoms with E-state index in [1.807, 2.05) is 20.8 Å². The summed E-state index contributed by atoms with van der Waals surface area (Å²) in [6.45, 7) is 62.9. The third-order valence-corrected chi connectivity index (χ3v) is 24.7. The van der Waals surface area contributed by atoms with Gasteiger partial charge in [-0.2, -0.15) is 50.5 Å². The van der Waals surface area contributed by atoms with Crippen molar-refractivity contribution in [2.75, 3.05) is 208 Å². The van der Waals surface area contributed by atoms with Crippen LogP contribution in [0.25, 0.3) is 0 Å². The molecule has 27 nitrogen and oxygen atoms in total. The van der Waals surface area contributed by atoms with Gasteiger partial charge in [-0.05, 0) is 171 Å². The van der Waals surface area contributed by atoms with Gasteiger partial charge >= 0.3 is 24.4 Å². The zero-order valence-electron chi connectivity index (χ0n) is 80.6. The normalized spacial score (nSPS) is 20.0. The van der Waals surface area contributed by atoms with E-state index in [1.165, 1.54) is 0 Å². The third-order valence-electron chi connectivity index (χ3n) is 23.4. The maximum Gasteiger partial charge on any atom is 0.407 e. The standard InChI is InChI=1S/C36H70N2O8S4.C36H62N2O8.C12H18N2O2.C12H22O3/c1-6-35(24-41-12-8-16-47,25-42-13-9-17-48)28-45-31(39)37-23-34(5)21-30(20-33(3,4)22-34)38-32(40)46-29-36(7-2,26-43-14-10-18-49)27-44-15-11-19-50;1-10-16-41-24-35(14-5,25-42-17-11-2)28-45-31(39)37-23-34(9)21-30(20-33(7,8)22-34)38-32(40)46-29-36(15-6,26-43-18-12-3)27-44-19-13-4;1-11(2)4-10(14-9-16)5-12(3,6-11)7-13-8-15;1-4-7-14-10-12(6-3,9-13)11-15-8-5-2/h30,47-50H,6-29H2,1-5H3,(H,37,39)(H,38,40);10-13,30H,1-4,14-29H2,5-9H3,(H,37,39)(H,38,40);10H,4-7H2,1-3H3;4-5,13H,1-2,6-11H2,3H3. The van der Waals surface area contributed by atoms with Crippen molar-refractivity contribution in [2.45, 2.75) is 231 Å². The van der Waals surface area contributed by atoms with Crippen molar-refractivity contribution in [2.24, 2.45) is 69.5 Å². The molecule has 3 rings (SSSR count). The van der Waals surface area contributed by atoms with Gasteiger partial charge in [0.15, 0.2) is 0 Å². The van der Waals surface area contributed by atoms with Crippen molar-refractivity contribution < 1.29 is 100 Å². The smallest absolute Gasteiger partial charge is 0.407 e. The van der Waals surface area contributed by atoms with Crippen molar-refractivity contribution in [3.8, 4) is 0 Å². The highest BCUT2D eigenvalue weighted by Crippen LogP contribution is 2.49. The lowest BCUT2D eigenvalue weighted by Gasteiger charge is -2.46. The van der Waals surface area contributed by atoms with E-state index < -0.39 is 46.0 Å². The number of carbonyl (C=O) groups is 4.